The topological polar surface area (TPSA) is 41.9 Å². The van der Waals surface area contributed by atoms with Crippen molar-refractivity contribution in [1.82, 2.24) is 4.90 Å². The molecule has 2 atom stereocenters. The van der Waals surface area contributed by atoms with Gasteiger partial charge in [-0.1, -0.05) is 67.8 Å². The van der Waals surface area contributed by atoms with Crippen LogP contribution in [0.15, 0.2) is 72.8 Å². The van der Waals surface area contributed by atoms with E-state index in [4.69, 9.17) is 9.47 Å². The van der Waals surface area contributed by atoms with Crippen LogP contribution in [-0.2, 0) is 0 Å². The number of aromatic hydroxyl groups is 1. The van der Waals surface area contributed by atoms with Crippen molar-refractivity contribution in [3.63, 3.8) is 0 Å². The fourth-order valence-electron chi connectivity index (χ4n) is 5.73. The third kappa shape index (κ3) is 6.22. The van der Waals surface area contributed by atoms with Crippen molar-refractivity contribution < 1.29 is 14.6 Å². The molecule has 0 bridgehead atoms. The molecule has 2 heterocycles. The fraction of sp³-hybridized carbons (Fsp3) is 0.438. The minimum absolute atomic E-state index is 0.159. The molecule has 2 aliphatic heterocycles. The standard InChI is InChI=1S/C32H39NO3/c34-27-15-18-29-31(23-27)36-24-30(25-11-5-4-6-12-25)32(29)26-13-16-28(17-14-26)35-22-10-3-1-2-7-19-33-20-8-9-21-33/h4-6,11-18,23,30,32,34H,1-3,7-10,19-22,24H2/t30-,32?/m1/s1. The molecule has 0 radical (unpaired) electrons. The van der Waals surface area contributed by atoms with Crippen LogP contribution in [-0.4, -0.2) is 42.9 Å². The van der Waals surface area contributed by atoms with Gasteiger partial charge in [-0.05, 0) is 74.6 Å². The number of hydrogen-bond donors (Lipinski definition) is 1. The molecule has 0 saturated carbocycles. The molecule has 1 N–H and O–H groups in total. The zero-order valence-corrected chi connectivity index (χ0v) is 21.3. The van der Waals surface area contributed by atoms with Crippen molar-refractivity contribution in [2.45, 2.75) is 56.8 Å². The van der Waals surface area contributed by atoms with E-state index in [2.05, 4.69) is 59.5 Å². The van der Waals surface area contributed by atoms with E-state index in [0.29, 0.717) is 6.61 Å². The highest BCUT2D eigenvalue weighted by Gasteiger charge is 2.33. The smallest absolute Gasteiger partial charge is 0.126 e. The summed E-state index contributed by atoms with van der Waals surface area (Å²) >= 11 is 0. The summed E-state index contributed by atoms with van der Waals surface area (Å²) in [5.41, 5.74) is 3.62. The summed E-state index contributed by atoms with van der Waals surface area (Å²) in [5.74, 6) is 2.31. The molecule has 0 aromatic heterocycles. The second-order valence-electron chi connectivity index (χ2n) is 10.3. The Balaban J connectivity index is 1.15. The third-order valence-corrected chi connectivity index (χ3v) is 7.71. The van der Waals surface area contributed by atoms with Crippen LogP contribution in [0.4, 0.5) is 0 Å². The lowest BCUT2D eigenvalue weighted by Crippen LogP contribution is -2.25. The normalized spacial score (nSPS) is 19.6. The first-order valence-electron chi connectivity index (χ1n) is 13.7. The van der Waals surface area contributed by atoms with Crippen LogP contribution in [0.1, 0.15) is 73.5 Å². The molecule has 0 amide bonds. The Morgan fingerprint density at radius 1 is 0.806 bits per heavy atom. The first-order chi connectivity index (χ1) is 17.8. The van der Waals surface area contributed by atoms with Gasteiger partial charge in [0.1, 0.15) is 17.2 Å². The SMILES string of the molecule is Oc1ccc2c(c1)OC[C@H](c1ccccc1)C2c1ccc(OCCCCCCCN2CCCC2)cc1. The maximum absolute atomic E-state index is 9.97. The quantitative estimate of drug-likeness (QED) is 0.294. The van der Waals surface area contributed by atoms with E-state index in [1.165, 1.54) is 69.3 Å². The highest BCUT2D eigenvalue weighted by molar-refractivity contribution is 5.50. The first kappa shape index (κ1) is 24.7. The molecule has 5 rings (SSSR count). The summed E-state index contributed by atoms with van der Waals surface area (Å²) in [6.45, 7) is 5.26. The molecule has 36 heavy (non-hydrogen) atoms. The minimum Gasteiger partial charge on any atom is -0.508 e. The number of nitrogens with zero attached hydrogens (tertiary/aromatic N) is 1. The number of unbranched alkanes of at least 4 members (excludes halogenated alkanes) is 4. The zero-order valence-electron chi connectivity index (χ0n) is 21.3. The Hall–Kier alpha value is -2.98. The average Bonchev–Trinajstić information content (AvgIpc) is 3.44. The Morgan fingerprint density at radius 2 is 1.56 bits per heavy atom. The fourth-order valence-corrected chi connectivity index (χ4v) is 5.73. The van der Waals surface area contributed by atoms with Gasteiger partial charge in [-0.25, -0.2) is 0 Å². The minimum atomic E-state index is 0.159. The summed E-state index contributed by atoms with van der Waals surface area (Å²) in [6.07, 6.45) is 9.09. The van der Waals surface area contributed by atoms with Gasteiger partial charge >= 0.3 is 0 Å². The monoisotopic (exact) mass is 485 g/mol. The van der Waals surface area contributed by atoms with Gasteiger partial charge in [0.05, 0.1) is 13.2 Å². The first-order valence-corrected chi connectivity index (χ1v) is 13.7. The van der Waals surface area contributed by atoms with Crippen molar-refractivity contribution in [1.29, 1.82) is 0 Å². The molecule has 0 aliphatic carbocycles. The van der Waals surface area contributed by atoms with E-state index in [1.54, 1.807) is 12.1 Å². The number of hydrogen-bond acceptors (Lipinski definition) is 4. The maximum atomic E-state index is 9.97. The molecule has 2 aliphatic rings. The Kier molecular flexibility index (Phi) is 8.45. The van der Waals surface area contributed by atoms with E-state index in [-0.39, 0.29) is 17.6 Å². The van der Waals surface area contributed by atoms with E-state index in [0.717, 1.165) is 30.1 Å². The lowest BCUT2D eigenvalue weighted by atomic mass is 9.76. The maximum Gasteiger partial charge on any atom is 0.126 e. The van der Waals surface area contributed by atoms with Crippen LogP contribution in [0.5, 0.6) is 17.2 Å². The van der Waals surface area contributed by atoms with Gasteiger partial charge in [-0.2, -0.15) is 0 Å². The molecule has 4 heteroatoms. The molecule has 1 saturated heterocycles. The number of rotatable bonds is 11. The van der Waals surface area contributed by atoms with Gasteiger partial charge in [0, 0.05) is 23.5 Å². The Labute approximate surface area is 215 Å². The largest absolute Gasteiger partial charge is 0.508 e. The van der Waals surface area contributed by atoms with Gasteiger partial charge in [0.25, 0.3) is 0 Å². The Bertz CT molecular complexity index is 1080. The predicted molar refractivity (Wildman–Crippen MR) is 145 cm³/mol. The van der Waals surface area contributed by atoms with Crippen LogP contribution < -0.4 is 9.47 Å². The molecule has 0 spiro atoms. The predicted octanol–water partition coefficient (Wildman–Crippen LogP) is 7.13. The van der Waals surface area contributed by atoms with E-state index >= 15 is 0 Å². The van der Waals surface area contributed by atoms with Crippen LogP contribution >= 0.6 is 0 Å². The summed E-state index contributed by atoms with van der Waals surface area (Å²) < 4.78 is 12.2. The van der Waals surface area contributed by atoms with E-state index < -0.39 is 0 Å². The summed E-state index contributed by atoms with van der Waals surface area (Å²) in [5, 5.41) is 9.97. The molecule has 4 nitrogen and oxygen atoms in total. The summed E-state index contributed by atoms with van der Waals surface area (Å²) in [7, 11) is 0. The van der Waals surface area contributed by atoms with Crippen molar-refractivity contribution >= 4 is 0 Å². The summed E-state index contributed by atoms with van der Waals surface area (Å²) in [6, 6.07) is 24.6. The second kappa shape index (κ2) is 12.3. The highest BCUT2D eigenvalue weighted by Crippen LogP contribution is 2.47. The van der Waals surface area contributed by atoms with Crippen molar-refractivity contribution in [3.8, 4) is 17.2 Å². The number of likely N-dealkylation sites (tertiary alicyclic amines) is 1. The van der Waals surface area contributed by atoms with Crippen molar-refractivity contribution in [2.75, 3.05) is 32.8 Å². The Morgan fingerprint density at radius 3 is 2.36 bits per heavy atom. The third-order valence-electron chi connectivity index (χ3n) is 7.71. The highest BCUT2D eigenvalue weighted by atomic mass is 16.5. The van der Waals surface area contributed by atoms with Crippen LogP contribution in [0.3, 0.4) is 0 Å². The van der Waals surface area contributed by atoms with Crippen LogP contribution in [0.25, 0.3) is 0 Å². The number of ether oxygens (including phenoxy) is 2. The summed E-state index contributed by atoms with van der Waals surface area (Å²) in [4.78, 5) is 2.61. The van der Waals surface area contributed by atoms with Gasteiger partial charge in [0.15, 0.2) is 0 Å². The second-order valence-corrected chi connectivity index (χ2v) is 10.3. The molecule has 3 aromatic carbocycles. The van der Waals surface area contributed by atoms with Crippen LogP contribution in [0, 0.1) is 0 Å². The average molecular weight is 486 g/mol. The molecule has 3 aromatic rings. The number of phenolic OH excluding ortho intramolecular Hbond substituents is 1. The van der Waals surface area contributed by atoms with Gasteiger partial charge in [-0.15, -0.1) is 0 Å². The van der Waals surface area contributed by atoms with Gasteiger partial charge < -0.3 is 19.5 Å². The molecule has 190 valence electrons. The van der Waals surface area contributed by atoms with Crippen molar-refractivity contribution in [3.05, 3.63) is 89.5 Å². The van der Waals surface area contributed by atoms with E-state index in [9.17, 15) is 5.11 Å². The number of fused-ring (bicyclic) bond motifs is 1. The van der Waals surface area contributed by atoms with E-state index in [1.807, 2.05) is 6.07 Å². The molecule has 1 fully saturated rings. The number of phenols is 1. The lowest BCUT2D eigenvalue weighted by Gasteiger charge is -2.34. The zero-order chi connectivity index (χ0) is 24.6. The van der Waals surface area contributed by atoms with Crippen LogP contribution in [0.2, 0.25) is 0 Å². The lowest BCUT2D eigenvalue weighted by molar-refractivity contribution is 0.247. The molecule has 1 unspecified atom stereocenters. The van der Waals surface area contributed by atoms with Gasteiger partial charge in [-0.3, -0.25) is 0 Å². The molecular weight excluding hydrogens is 446 g/mol. The van der Waals surface area contributed by atoms with Gasteiger partial charge in [0.2, 0.25) is 0 Å². The number of benzene rings is 3. The molecular formula is C32H39NO3. The van der Waals surface area contributed by atoms with Crippen molar-refractivity contribution in [2.24, 2.45) is 0 Å².